The van der Waals surface area contributed by atoms with Gasteiger partial charge in [-0.15, -0.1) is 0 Å². The van der Waals surface area contributed by atoms with Crippen molar-refractivity contribution in [3.05, 3.63) is 6.17 Å². The predicted molar refractivity (Wildman–Crippen MR) is 51.8 cm³/mol. The van der Waals surface area contributed by atoms with Gasteiger partial charge in [-0.3, -0.25) is 4.79 Å². The van der Waals surface area contributed by atoms with E-state index in [4.69, 9.17) is 0 Å². The smallest absolute Gasteiger partial charge is 0.295 e. The highest BCUT2D eigenvalue weighted by atomic mass is 19.3. The van der Waals surface area contributed by atoms with Crippen LogP contribution in [0.1, 0.15) is 33.6 Å². The van der Waals surface area contributed by atoms with Crippen molar-refractivity contribution in [2.45, 2.75) is 51.1 Å². The monoisotopic (exact) mass is 275 g/mol. The fraction of sp³-hybridized carbons (Fsp3) is 0.818. The molecular formula is C11H13F6O. The normalized spacial score (nSPS) is 32.3. The van der Waals surface area contributed by atoms with Crippen LogP contribution in [-0.2, 0) is 4.79 Å². The van der Waals surface area contributed by atoms with Gasteiger partial charge >= 0.3 is 11.8 Å². The Hall–Kier alpha value is -0.750. The Balaban J connectivity index is 3.29. The SMILES string of the molecule is CC(C)(C)C(=O)C1(F)CC[C](F)C(F)(F)C1(F)F. The number of carbonyl (C=O) groups excluding carboxylic acids is 1. The second-order valence-electron chi connectivity index (χ2n) is 5.43. The molecular weight excluding hydrogens is 262 g/mol. The summed E-state index contributed by atoms with van der Waals surface area (Å²) in [4.78, 5) is 11.6. The molecule has 1 aliphatic rings. The summed E-state index contributed by atoms with van der Waals surface area (Å²) in [7, 11) is 0. The number of ketones is 1. The van der Waals surface area contributed by atoms with E-state index in [0.717, 1.165) is 20.8 Å². The molecule has 18 heavy (non-hydrogen) atoms. The molecule has 0 aromatic carbocycles. The standard InChI is InChI=1S/C11H13F6O/c1-8(2,3)7(18)9(13)5-4-6(12)10(14,15)11(9,16)17/h4-5H2,1-3H3. The first-order valence-electron chi connectivity index (χ1n) is 5.30. The average molecular weight is 275 g/mol. The van der Waals surface area contributed by atoms with Crippen LogP contribution in [0.3, 0.4) is 0 Å². The molecule has 7 heteroatoms. The van der Waals surface area contributed by atoms with Crippen LogP contribution in [-0.4, -0.2) is 23.3 Å². The molecule has 1 saturated carbocycles. The largest absolute Gasteiger partial charge is 0.353 e. The van der Waals surface area contributed by atoms with Crippen LogP contribution >= 0.6 is 0 Å². The fourth-order valence-corrected chi connectivity index (χ4v) is 1.87. The molecule has 0 heterocycles. The molecule has 105 valence electrons. The van der Waals surface area contributed by atoms with Crippen molar-refractivity contribution in [1.29, 1.82) is 0 Å². The van der Waals surface area contributed by atoms with Gasteiger partial charge in [0.05, 0.1) is 0 Å². The summed E-state index contributed by atoms with van der Waals surface area (Å²) < 4.78 is 80.0. The molecule has 0 aromatic heterocycles. The van der Waals surface area contributed by atoms with Crippen molar-refractivity contribution < 1.29 is 31.1 Å². The number of rotatable bonds is 1. The Bertz CT molecular complexity index is 359. The van der Waals surface area contributed by atoms with Crippen molar-refractivity contribution in [3.8, 4) is 0 Å². The summed E-state index contributed by atoms with van der Waals surface area (Å²) in [6.07, 6.45) is -4.76. The first-order chi connectivity index (χ1) is 7.78. The van der Waals surface area contributed by atoms with Gasteiger partial charge in [-0.1, -0.05) is 20.8 Å². The van der Waals surface area contributed by atoms with Crippen molar-refractivity contribution in [2.24, 2.45) is 5.41 Å². The van der Waals surface area contributed by atoms with Gasteiger partial charge in [0, 0.05) is 5.41 Å². The number of Topliss-reactive ketones (excluding diaryl/α,β-unsaturated/α-hetero) is 1. The quantitative estimate of drug-likeness (QED) is 0.664. The lowest BCUT2D eigenvalue weighted by Crippen LogP contribution is -2.66. The van der Waals surface area contributed by atoms with Crippen LogP contribution in [0.15, 0.2) is 0 Å². The van der Waals surface area contributed by atoms with Crippen molar-refractivity contribution in [2.75, 3.05) is 0 Å². The Morgan fingerprint density at radius 3 is 1.94 bits per heavy atom. The van der Waals surface area contributed by atoms with E-state index in [2.05, 4.69) is 0 Å². The first-order valence-corrected chi connectivity index (χ1v) is 5.30. The highest BCUT2D eigenvalue weighted by Gasteiger charge is 2.79. The van der Waals surface area contributed by atoms with Crippen LogP contribution < -0.4 is 0 Å². The van der Waals surface area contributed by atoms with Crippen LogP contribution in [0.4, 0.5) is 26.3 Å². The van der Waals surface area contributed by atoms with Gasteiger partial charge in [-0.05, 0) is 12.8 Å². The Labute approximate surface area is 101 Å². The summed E-state index contributed by atoms with van der Waals surface area (Å²) in [5, 5.41) is 0. The molecule has 1 radical (unpaired) electrons. The van der Waals surface area contributed by atoms with Gasteiger partial charge < -0.3 is 0 Å². The molecule has 1 nitrogen and oxygen atoms in total. The minimum atomic E-state index is -5.38. The average Bonchev–Trinajstić information content (AvgIpc) is 2.20. The molecule has 1 rings (SSSR count). The van der Waals surface area contributed by atoms with Crippen LogP contribution in [0.25, 0.3) is 0 Å². The molecule has 0 amide bonds. The third kappa shape index (κ3) is 1.82. The summed E-state index contributed by atoms with van der Waals surface area (Å²) in [6.45, 7) is 3.42. The predicted octanol–water partition coefficient (Wildman–Crippen LogP) is 3.88. The fourth-order valence-electron chi connectivity index (χ4n) is 1.87. The van der Waals surface area contributed by atoms with E-state index in [1.165, 1.54) is 0 Å². The number of hydrogen-bond acceptors (Lipinski definition) is 1. The maximum atomic E-state index is 14.1. The van der Waals surface area contributed by atoms with E-state index >= 15 is 0 Å². The van der Waals surface area contributed by atoms with Gasteiger partial charge in [0.2, 0.25) is 11.8 Å². The molecule has 1 fully saturated rings. The highest BCUT2D eigenvalue weighted by molar-refractivity contribution is 5.93. The van der Waals surface area contributed by atoms with Gasteiger partial charge in [0.25, 0.3) is 0 Å². The maximum absolute atomic E-state index is 14.1. The summed E-state index contributed by atoms with van der Waals surface area (Å²) in [6, 6.07) is 0. The third-order valence-electron chi connectivity index (χ3n) is 2.96. The lowest BCUT2D eigenvalue weighted by atomic mass is 9.70. The minimum absolute atomic E-state index is 1.14. The third-order valence-corrected chi connectivity index (χ3v) is 2.96. The zero-order valence-corrected chi connectivity index (χ0v) is 10.1. The molecule has 0 spiro atoms. The van der Waals surface area contributed by atoms with E-state index in [-0.39, 0.29) is 0 Å². The second kappa shape index (κ2) is 3.87. The van der Waals surface area contributed by atoms with E-state index in [1.54, 1.807) is 0 Å². The molecule has 0 aliphatic heterocycles. The van der Waals surface area contributed by atoms with Crippen molar-refractivity contribution >= 4 is 5.78 Å². The topological polar surface area (TPSA) is 17.1 Å². The molecule has 0 aromatic rings. The highest BCUT2D eigenvalue weighted by Crippen LogP contribution is 2.58. The van der Waals surface area contributed by atoms with E-state index in [0.29, 0.717) is 0 Å². The number of hydrogen-bond donors (Lipinski definition) is 0. The van der Waals surface area contributed by atoms with Crippen LogP contribution in [0.5, 0.6) is 0 Å². The van der Waals surface area contributed by atoms with Crippen molar-refractivity contribution in [3.63, 3.8) is 0 Å². The number of halogens is 6. The van der Waals surface area contributed by atoms with Gasteiger partial charge in [-0.25, -0.2) is 8.78 Å². The van der Waals surface area contributed by atoms with Gasteiger partial charge in [0.1, 0.15) is 0 Å². The zero-order chi connectivity index (χ0) is 14.6. The van der Waals surface area contributed by atoms with E-state index in [9.17, 15) is 31.1 Å². The molecule has 0 N–H and O–H groups in total. The minimum Gasteiger partial charge on any atom is -0.295 e. The van der Waals surface area contributed by atoms with Gasteiger partial charge in [-0.2, -0.15) is 17.6 Å². The van der Waals surface area contributed by atoms with Gasteiger partial charge in [0.15, 0.2) is 5.78 Å². The number of alkyl halides is 5. The van der Waals surface area contributed by atoms with Crippen molar-refractivity contribution in [1.82, 2.24) is 0 Å². The van der Waals surface area contributed by atoms with E-state index in [1.807, 2.05) is 0 Å². The summed E-state index contributed by atoms with van der Waals surface area (Å²) in [5.74, 6) is -12.3. The Morgan fingerprint density at radius 2 is 1.56 bits per heavy atom. The second-order valence-corrected chi connectivity index (χ2v) is 5.43. The number of carbonyl (C=O) groups is 1. The zero-order valence-electron chi connectivity index (χ0n) is 10.1. The first kappa shape index (κ1) is 15.3. The lowest BCUT2D eigenvalue weighted by Gasteiger charge is -2.44. The Kier molecular flexibility index (Phi) is 3.29. The molecule has 1 aliphatic carbocycles. The summed E-state index contributed by atoms with van der Waals surface area (Å²) in [5.41, 5.74) is -5.62. The maximum Gasteiger partial charge on any atom is 0.353 e. The lowest BCUT2D eigenvalue weighted by molar-refractivity contribution is -0.284. The van der Waals surface area contributed by atoms with Crippen LogP contribution in [0, 0.1) is 11.6 Å². The molecule has 0 saturated heterocycles. The molecule has 0 bridgehead atoms. The van der Waals surface area contributed by atoms with E-state index < -0.39 is 47.7 Å². The molecule has 1 unspecified atom stereocenters. The van der Waals surface area contributed by atoms with Crippen LogP contribution in [0.2, 0.25) is 0 Å². The Morgan fingerprint density at radius 1 is 1.11 bits per heavy atom. The summed E-state index contributed by atoms with van der Waals surface area (Å²) >= 11 is 0. The molecule has 1 atom stereocenters.